The highest BCUT2D eigenvalue weighted by molar-refractivity contribution is 5.76. The Morgan fingerprint density at radius 1 is 1.24 bits per heavy atom. The first-order valence-corrected chi connectivity index (χ1v) is 7.45. The molecule has 1 saturated heterocycles. The third-order valence-electron chi connectivity index (χ3n) is 4.63. The normalized spacial score (nSPS) is 21.2. The summed E-state index contributed by atoms with van der Waals surface area (Å²) in [7, 11) is 0. The summed E-state index contributed by atoms with van der Waals surface area (Å²) >= 11 is 0. The second-order valence-electron chi connectivity index (χ2n) is 7.18. The molecule has 1 fully saturated rings. The Morgan fingerprint density at radius 3 is 2.10 bits per heavy atom. The number of aliphatic hydroxyl groups is 1. The van der Waals surface area contributed by atoms with Gasteiger partial charge in [-0.05, 0) is 30.1 Å². The van der Waals surface area contributed by atoms with Crippen LogP contribution in [0.1, 0.15) is 47.0 Å². The van der Waals surface area contributed by atoms with E-state index in [1.807, 2.05) is 6.92 Å². The summed E-state index contributed by atoms with van der Waals surface area (Å²) in [5, 5.41) is 9.26. The topological polar surface area (TPSA) is 40.5 Å². The number of halogens is 3. The van der Waals surface area contributed by atoms with Crippen LogP contribution in [-0.2, 0) is 4.79 Å². The van der Waals surface area contributed by atoms with Crippen molar-refractivity contribution in [1.82, 2.24) is 4.90 Å². The molecule has 1 amide bonds. The molecule has 6 heteroatoms. The van der Waals surface area contributed by atoms with Crippen molar-refractivity contribution in [3.63, 3.8) is 0 Å². The fourth-order valence-corrected chi connectivity index (χ4v) is 2.43. The Labute approximate surface area is 124 Å². The molecule has 1 N–H and O–H groups in total. The fraction of sp³-hybridized carbons (Fsp3) is 0.933. The fourth-order valence-electron chi connectivity index (χ4n) is 2.43. The van der Waals surface area contributed by atoms with Crippen molar-refractivity contribution >= 4 is 5.91 Å². The summed E-state index contributed by atoms with van der Waals surface area (Å²) in [4.78, 5) is 13.8. The van der Waals surface area contributed by atoms with E-state index in [1.165, 1.54) is 0 Å². The molecular formula is C15H26F3NO2. The number of hydrogen-bond acceptors (Lipinski definition) is 2. The Kier molecular flexibility index (Phi) is 5.69. The Morgan fingerprint density at radius 2 is 1.71 bits per heavy atom. The minimum Gasteiger partial charge on any atom is -0.383 e. The molecule has 2 atom stereocenters. The molecule has 1 rings (SSSR count). The van der Waals surface area contributed by atoms with Gasteiger partial charge in [0.05, 0.1) is 0 Å². The van der Waals surface area contributed by atoms with Crippen LogP contribution in [-0.4, -0.2) is 41.3 Å². The van der Waals surface area contributed by atoms with Crippen LogP contribution in [0.4, 0.5) is 13.2 Å². The van der Waals surface area contributed by atoms with Crippen LogP contribution < -0.4 is 0 Å². The number of alkyl halides is 3. The minimum atomic E-state index is -4.57. The molecule has 21 heavy (non-hydrogen) atoms. The van der Waals surface area contributed by atoms with Gasteiger partial charge < -0.3 is 10.0 Å². The summed E-state index contributed by atoms with van der Waals surface area (Å²) < 4.78 is 37.4. The number of amides is 1. The zero-order chi connectivity index (χ0) is 16.4. The molecule has 0 aromatic heterocycles. The van der Waals surface area contributed by atoms with Crippen molar-refractivity contribution in [2.75, 3.05) is 13.1 Å². The SMILES string of the molecule is CC(CC(=O)N1CCC(C(O)C(F)(F)F)CC1)C(C)(C)C. The van der Waals surface area contributed by atoms with Crippen molar-refractivity contribution < 1.29 is 23.1 Å². The van der Waals surface area contributed by atoms with Crippen LogP contribution in [0.15, 0.2) is 0 Å². The number of carbonyl (C=O) groups excluding carboxylic acids is 1. The predicted molar refractivity (Wildman–Crippen MR) is 74.6 cm³/mol. The van der Waals surface area contributed by atoms with Crippen molar-refractivity contribution in [3.05, 3.63) is 0 Å². The first-order chi connectivity index (χ1) is 9.43. The van der Waals surface area contributed by atoms with Gasteiger partial charge in [-0.25, -0.2) is 0 Å². The van der Waals surface area contributed by atoms with E-state index in [-0.39, 0.29) is 30.1 Å². The molecule has 0 saturated carbocycles. The zero-order valence-corrected chi connectivity index (χ0v) is 13.2. The van der Waals surface area contributed by atoms with Gasteiger partial charge in [-0.15, -0.1) is 0 Å². The number of hydrogen-bond donors (Lipinski definition) is 1. The Balaban J connectivity index is 2.48. The lowest BCUT2D eigenvalue weighted by molar-refractivity contribution is -0.223. The van der Waals surface area contributed by atoms with Crippen LogP contribution in [0, 0.1) is 17.3 Å². The van der Waals surface area contributed by atoms with E-state index >= 15 is 0 Å². The van der Waals surface area contributed by atoms with Gasteiger partial charge in [0.15, 0.2) is 6.10 Å². The van der Waals surface area contributed by atoms with Crippen molar-refractivity contribution in [2.45, 2.75) is 59.2 Å². The van der Waals surface area contributed by atoms with E-state index in [2.05, 4.69) is 20.8 Å². The molecule has 0 spiro atoms. The third kappa shape index (κ3) is 5.16. The molecule has 0 radical (unpaired) electrons. The maximum Gasteiger partial charge on any atom is 0.414 e. The largest absolute Gasteiger partial charge is 0.414 e. The Hall–Kier alpha value is -0.780. The van der Waals surface area contributed by atoms with E-state index in [1.54, 1.807) is 4.90 Å². The maximum atomic E-state index is 12.5. The summed E-state index contributed by atoms with van der Waals surface area (Å²) in [5.41, 5.74) is 0.0282. The first kappa shape index (κ1) is 18.3. The van der Waals surface area contributed by atoms with Gasteiger partial charge in [0.25, 0.3) is 0 Å². The predicted octanol–water partition coefficient (Wildman–Crippen LogP) is 3.22. The lowest BCUT2D eigenvalue weighted by atomic mass is 9.79. The highest BCUT2D eigenvalue weighted by Gasteiger charge is 2.44. The molecule has 124 valence electrons. The van der Waals surface area contributed by atoms with Gasteiger partial charge in [0.1, 0.15) is 0 Å². The number of likely N-dealkylation sites (tertiary alicyclic amines) is 1. The van der Waals surface area contributed by atoms with Gasteiger partial charge in [0.2, 0.25) is 5.91 Å². The third-order valence-corrected chi connectivity index (χ3v) is 4.63. The number of nitrogens with zero attached hydrogens (tertiary/aromatic N) is 1. The van der Waals surface area contributed by atoms with Crippen molar-refractivity contribution in [1.29, 1.82) is 0 Å². The molecule has 1 aliphatic rings. The van der Waals surface area contributed by atoms with Gasteiger partial charge in [-0.1, -0.05) is 27.7 Å². The van der Waals surface area contributed by atoms with E-state index < -0.39 is 18.2 Å². The smallest absolute Gasteiger partial charge is 0.383 e. The summed E-state index contributed by atoms with van der Waals surface area (Å²) in [6.45, 7) is 8.81. The average Bonchev–Trinajstić information content (AvgIpc) is 2.35. The number of piperidine rings is 1. The molecular weight excluding hydrogens is 283 g/mol. The number of rotatable bonds is 3. The molecule has 0 bridgehead atoms. The van der Waals surface area contributed by atoms with Crippen LogP contribution in [0.2, 0.25) is 0 Å². The van der Waals surface area contributed by atoms with E-state index in [9.17, 15) is 23.1 Å². The zero-order valence-electron chi connectivity index (χ0n) is 13.2. The average molecular weight is 309 g/mol. The summed E-state index contributed by atoms with van der Waals surface area (Å²) in [5.74, 6) is -0.588. The molecule has 1 aliphatic heterocycles. The van der Waals surface area contributed by atoms with E-state index in [4.69, 9.17) is 0 Å². The Bertz CT molecular complexity index is 355. The van der Waals surface area contributed by atoms with Crippen LogP contribution >= 0.6 is 0 Å². The quantitative estimate of drug-likeness (QED) is 0.869. The molecule has 0 aromatic rings. The molecule has 1 heterocycles. The van der Waals surface area contributed by atoms with Crippen molar-refractivity contribution in [3.8, 4) is 0 Å². The van der Waals surface area contributed by atoms with Gasteiger partial charge in [0, 0.05) is 19.5 Å². The first-order valence-electron chi connectivity index (χ1n) is 7.45. The number of carbonyl (C=O) groups is 1. The van der Waals surface area contributed by atoms with Gasteiger partial charge >= 0.3 is 6.18 Å². The second kappa shape index (κ2) is 6.55. The monoisotopic (exact) mass is 309 g/mol. The highest BCUT2D eigenvalue weighted by Crippen LogP contribution is 2.33. The van der Waals surface area contributed by atoms with Crippen LogP contribution in [0.3, 0.4) is 0 Å². The maximum absolute atomic E-state index is 12.5. The molecule has 3 nitrogen and oxygen atoms in total. The van der Waals surface area contributed by atoms with Crippen molar-refractivity contribution in [2.24, 2.45) is 17.3 Å². The lowest BCUT2D eigenvalue weighted by Gasteiger charge is -2.36. The van der Waals surface area contributed by atoms with Crippen LogP contribution in [0.25, 0.3) is 0 Å². The van der Waals surface area contributed by atoms with E-state index in [0.717, 1.165) is 0 Å². The van der Waals surface area contributed by atoms with E-state index in [0.29, 0.717) is 19.5 Å². The molecule has 2 unspecified atom stereocenters. The van der Waals surface area contributed by atoms with Crippen LogP contribution in [0.5, 0.6) is 0 Å². The number of aliphatic hydroxyl groups excluding tert-OH is 1. The lowest BCUT2D eigenvalue weighted by Crippen LogP contribution is -2.45. The van der Waals surface area contributed by atoms with Gasteiger partial charge in [-0.3, -0.25) is 4.79 Å². The second-order valence-corrected chi connectivity index (χ2v) is 7.18. The van der Waals surface area contributed by atoms with Gasteiger partial charge in [-0.2, -0.15) is 13.2 Å². The molecule has 0 aromatic carbocycles. The summed E-state index contributed by atoms with van der Waals surface area (Å²) in [6.07, 6.45) is -6.02. The standard InChI is InChI=1S/C15H26F3NO2/c1-10(14(2,3)4)9-12(20)19-7-5-11(6-8-19)13(21)15(16,17)18/h10-11,13,21H,5-9H2,1-4H3. The highest BCUT2D eigenvalue weighted by atomic mass is 19.4. The summed E-state index contributed by atoms with van der Waals surface area (Å²) in [6, 6.07) is 0. The minimum absolute atomic E-state index is 0.00243. The molecule has 0 aliphatic carbocycles.